The summed E-state index contributed by atoms with van der Waals surface area (Å²) in [5.41, 5.74) is 3.08. The van der Waals surface area contributed by atoms with Gasteiger partial charge in [0.2, 0.25) is 0 Å². The minimum Gasteiger partial charge on any atom is -0.349 e. The molecule has 2 amide bonds. The third-order valence-corrected chi connectivity index (χ3v) is 5.75. The highest BCUT2D eigenvalue weighted by atomic mass is 16.7. The minimum atomic E-state index is -0.0529. The predicted octanol–water partition coefficient (Wildman–Crippen LogP) is -0.851. The molecule has 3 N–H and O–H groups in total. The molecule has 110 valence electrons. The Morgan fingerprint density at radius 2 is 2.45 bits per heavy atom. The number of ether oxygens (including phenoxy) is 1. The molecule has 0 aromatic heterocycles. The summed E-state index contributed by atoms with van der Waals surface area (Å²) < 4.78 is 5.72. The second-order valence-electron chi connectivity index (χ2n) is 6.78. The van der Waals surface area contributed by atoms with E-state index in [1.165, 1.54) is 6.42 Å². The molecule has 5 rings (SSSR count). The normalized spacial score (nSPS) is 54.5. The van der Waals surface area contributed by atoms with Crippen molar-refractivity contribution in [3.8, 4) is 0 Å². The monoisotopic (exact) mass is 280 g/mol. The topological polar surface area (TPSA) is 78.2 Å². The average molecular weight is 280 g/mol. The van der Waals surface area contributed by atoms with Gasteiger partial charge >= 0.3 is 6.03 Å². The number of hydrogen-bond donors (Lipinski definition) is 3. The fraction of sp³-hybridized carbons (Fsp3) is 0.923. The molecule has 0 aromatic rings. The van der Waals surface area contributed by atoms with Crippen molar-refractivity contribution < 1.29 is 14.4 Å². The molecule has 5 fully saturated rings. The van der Waals surface area contributed by atoms with Gasteiger partial charge in [-0.25, -0.2) is 4.79 Å². The van der Waals surface area contributed by atoms with Gasteiger partial charge in [0, 0.05) is 18.5 Å². The van der Waals surface area contributed by atoms with Crippen molar-refractivity contribution >= 4 is 6.03 Å². The van der Waals surface area contributed by atoms with Gasteiger partial charge in [0.05, 0.1) is 17.7 Å². The van der Waals surface area contributed by atoms with Crippen LogP contribution in [0.4, 0.5) is 4.79 Å². The highest BCUT2D eigenvalue weighted by Gasteiger charge is 2.70. The van der Waals surface area contributed by atoms with E-state index < -0.39 is 0 Å². The van der Waals surface area contributed by atoms with Crippen molar-refractivity contribution in [1.29, 1.82) is 0 Å². The van der Waals surface area contributed by atoms with Gasteiger partial charge in [0.25, 0.3) is 0 Å². The van der Waals surface area contributed by atoms with Crippen LogP contribution in [0.1, 0.15) is 19.3 Å². The fourth-order valence-corrected chi connectivity index (χ4v) is 4.31. The van der Waals surface area contributed by atoms with E-state index >= 15 is 0 Å². The SMILES string of the molecule is CNC1CC1ONC1OC1C1C2CCC23CN1C(=O)N3. The molecule has 7 heteroatoms. The zero-order valence-corrected chi connectivity index (χ0v) is 11.5. The van der Waals surface area contributed by atoms with E-state index in [1.807, 2.05) is 11.9 Å². The smallest absolute Gasteiger partial charge is 0.318 e. The second kappa shape index (κ2) is 3.65. The van der Waals surface area contributed by atoms with Gasteiger partial charge in [-0.1, -0.05) is 0 Å². The maximum atomic E-state index is 11.9. The lowest BCUT2D eigenvalue weighted by atomic mass is 9.65. The summed E-state index contributed by atoms with van der Waals surface area (Å²) >= 11 is 0. The zero-order valence-electron chi connectivity index (χ0n) is 11.5. The number of rotatable bonds is 5. The number of nitrogens with zero attached hydrogens (tertiary/aromatic N) is 1. The minimum absolute atomic E-state index is 0.0529. The molecule has 20 heavy (non-hydrogen) atoms. The lowest BCUT2D eigenvalue weighted by Crippen LogP contribution is -2.63. The number of fused-ring (bicyclic) bond motifs is 1. The third-order valence-electron chi connectivity index (χ3n) is 5.75. The molecule has 2 saturated carbocycles. The molecule has 7 nitrogen and oxygen atoms in total. The Morgan fingerprint density at radius 1 is 1.55 bits per heavy atom. The molecule has 0 radical (unpaired) electrons. The first kappa shape index (κ1) is 11.7. The number of nitrogens with one attached hydrogen (secondary N) is 3. The van der Waals surface area contributed by atoms with Crippen LogP contribution in [0.25, 0.3) is 0 Å². The lowest BCUT2D eigenvalue weighted by molar-refractivity contribution is -0.000810. The number of epoxide rings is 1. The summed E-state index contributed by atoms with van der Waals surface area (Å²) in [5.74, 6) is 0.558. The summed E-state index contributed by atoms with van der Waals surface area (Å²) in [6.07, 6.45) is 3.65. The summed E-state index contributed by atoms with van der Waals surface area (Å²) in [5, 5.41) is 6.32. The van der Waals surface area contributed by atoms with Crippen LogP contribution < -0.4 is 16.1 Å². The van der Waals surface area contributed by atoms with Gasteiger partial charge < -0.3 is 20.3 Å². The highest BCUT2D eigenvalue weighted by molar-refractivity contribution is 5.80. The second-order valence-corrected chi connectivity index (χ2v) is 6.78. The number of amides is 2. The van der Waals surface area contributed by atoms with E-state index in [4.69, 9.17) is 9.57 Å². The Balaban J connectivity index is 1.20. The maximum Gasteiger partial charge on any atom is 0.318 e. The van der Waals surface area contributed by atoms with Crippen molar-refractivity contribution in [2.45, 2.75) is 55.3 Å². The molecule has 2 aliphatic carbocycles. The molecule has 3 aliphatic heterocycles. The Labute approximate surface area is 117 Å². The van der Waals surface area contributed by atoms with Crippen LogP contribution in [-0.2, 0) is 9.57 Å². The molecular formula is C13H20N4O3. The largest absolute Gasteiger partial charge is 0.349 e. The van der Waals surface area contributed by atoms with Crippen LogP contribution in [0.15, 0.2) is 0 Å². The lowest BCUT2D eigenvalue weighted by Gasteiger charge is -2.46. The van der Waals surface area contributed by atoms with Gasteiger partial charge in [0.15, 0.2) is 6.23 Å². The highest BCUT2D eigenvalue weighted by Crippen LogP contribution is 2.55. The number of carbonyl (C=O) groups is 1. The molecular weight excluding hydrogens is 260 g/mol. The Hall–Kier alpha value is -0.890. The predicted molar refractivity (Wildman–Crippen MR) is 68.6 cm³/mol. The van der Waals surface area contributed by atoms with Crippen LogP contribution >= 0.6 is 0 Å². The third kappa shape index (κ3) is 1.41. The number of hydrogen-bond acceptors (Lipinski definition) is 5. The van der Waals surface area contributed by atoms with Crippen molar-refractivity contribution in [2.75, 3.05) is 13.6 Å². The van der Waals surface area contributed by atoms with E-state index in [2.05, 4.69) is 16.1 Å². The van der Waals surface area contributed by atoms with Gasteiger partial charge in [-0.15, -0.1) is 0 Å². The number of carbonyl (C=O) groups excluding carboxylic acids is 1. The van der Waals surface area contributed by atoms with Gasteiger partial charge in [-0.3, -0.25) is 4.84 Å². The van der Waals surface area contributed by atoms with Gasteiger partial charge in [0.1, 0.15) is 6.10 Å². The quantitative estimate of drug-likeness (QED) is 0.452. The van der Waals surface area contributed by atoms with Crippen LogP contribution in [0, 0.1) is 5.92 Å². The van der Waals surface area contributed by atoms with Crippen LogP contribution in [0.2, 0.25) is 0 Å². The molecule has 0 aromatic carbocycles. The Bertz CT molecular complexity index is 475. The molecule has 1 spiro atoms. The van der Waals surface area contributed by atoms with E-state index in [9.17, 15) is 4.79 Å². The fourth-order valence-electron chi connectivity index (χ4n) is 4.31. The zero-order chi connectivity index (χ0) is 13.5. The van der Waals surface area contributed by atoms with Crippen molar-refractivity contribution in [2.24, 2.45) is 5.92 Å². The van der Waals surface area contributed by atoms with Crippen LogP contribution in [0.5, 0.6) is 0 Å². The van der Waals surface area contributed by atoms with E-state index in [0.29, 0.717) is 12.0 Å². The number of urea groups is 1. The first-order valence-electron chi connectivity index (χ1n) is 7.54. The van der Waals surface area contributed by atoms with Gasteiger partial charge in [-0.2, -0.15) is 5.48 Å². The first-order chi connectivity index (χ1) is 9.72. The first-order valence-corrected chi connectivity index (χ1v) is 7.54. The van der Waals surface area contributed by atoms with Crippen LogP contribution in [0.3, 0.4) is 0 Å². The molecule has 7 unspecified atom stereocenters. The molecule has 5 aliphatic rings. The Morgan fingerprint density at radius 3 is 3.10 bits per heavy atom. The summed E-state index contributed by atoms with van der Waals surface area (Å²) in [6.45, 7) is 0.860. The van der Waals surface area contributed by atoms with Crippen LogP contribution in [-0.4, -0.2) is 60.6 Å². The van der Waals surface area contributed by atoms with Gasteiger partial charge in [-0.05, 0) is 26.3 Å². The van der Waals surface area contributed by atoms with Crippen molar-refractivity contribution in [3.05, 3.63) is 0 Å². The molecule has 2 bridgehead atoms. The maximum absolute atomic E-state index is 11.9. The summed E-state index contributed by atoms with van der Waals surface area (Å²) in [6, 6.07) is 0.781. The van der Waals surface area contributed by atoms with E-state index in [1.54, 1.807) is 0 Å². The van der Waals surface area contributed by atoms with E-state index in [-0.39, 0.29) is 36.0 Å². The van der Waals surface area contributed by atoms with Crippen molar-refractivity contribution in [1.82, 2.24) is 21.0 Å². The molecule has 3 heterocycles. The standard InChI is InChI=1S/C13H20N4O3/c1-14-7-4-8(7)20-16-11-10(19-11)9-6-2-3-13(6)5-17(9)12(18)15-13/h6-11,14,16H,2-5H2,1H3,(H,15,18). The van der Waals surface area contributed by atoms with Crippen molar-refractivity contribution in [3.63, 3.8) is 0 Å². The summed E-state index contributed by atoms with van der Waals surface area (Å²) in [7, 11) is 1.95. The molecule has 3 saturated heterocycles. The summed E-state index contributed by atoms with van der Waals surface area (Å²) in [4.78, 5) is 19.5. The Kier molecular flexibility index (Phi) is 2.14. The van der Waals surface area contributed by atoms with E-state index in [0.717, 1.165) is 19.4 Å². The number of hydroxylamine groups is 1. The average Bonchev–Trinajstić information content (AvgIpc) is 3.29. The number of likely N-dealkylation sites (N-methyl/N-ethyl adjacent to an activating group) is 1. The molecule has 7 atom stereocenters.